The van der Waals surface area contributed by atoms with Gasteiger partial charge in [-0.15, -0.1) is 0 Å². The van der Waals surface area contributed by atoms with Gasteiger partial charge in [0.2, 0.25) is 0 Å². The molecule has 0 fully saturated rings. The summed E-state index contributed by atoms with van der Waals surface area (Å²) in [7, 11) is 18.5. The molecule has 0 aliphatic rings. The van der Waals surface area contributed by atoms with Gasteiger partial charge in [-0.3, -0.25) is 0 Å². The molecule has 0 aliphatic carbocycles. The van der Waals surface area contributed by atoms with Gasteiger partial charge in [-0.25, -0.2) is 0 Å². The van der Waals surface area contributed by atoms with Crippen molar-refractivity contribution in [2.75, 3.05) is 14.1 Å². The topological polar surface area (TPSA) is 46.6 Å². The van der Waals surface area contributed by atoms with Gasteiger partial charge < -0.3 is 0 Å². The molecule has 1 rings (SSSR count). The van der Waals surface area contributed by atoms with E-state index in [1.807, 2.05) is 13.8 Å². The first-order chi connectivity index (χ1) is 9.68. The summed E-state index contributed by atoms with van der Waals surface area (Å²) in [5, 5.41) is 0. The first-order valence-corrected chi connectivity index (χ1v) is 17.4. The first kappa shape index (κ1) is 20.6. The zero-order valence-electron chi connectivity index (χ0n) is 12.3. The molecule has 0 N–H and O–H groups in total. The van der Waals surface area contributed by atoms with Crippen LogP contribution in [0.1, 0.15) is 19.4 Å². The van der Waals surface area contributed by atoms with Crippen LogP contribution in [-0.2, 0) is 19.2 Å². The van der Waals surface area contributed by atoms with Crippen molar-refractivity contribution in [2.45, 2.75) is 24.8 Å². The van der Waals surface area contributed by atoms with Crippen molar-refractivity contribution in [2.24, 2.45) is 0 Å². The molecule has 0 heterocycles. The second-order valence-electron chi connectivity index (χ2n) is 4.87. The van der Waals surface area contributed by atoms with Crippen LogP contribution in [-0.4, -0.2) is 37.5 Å². The van der Waals surface area contributed by atoms with Crippen LogP contribution in [0.3, 0.4) is 0 Å². The molecule has 0 aliphatic heterocycles. The number of halogens is 4. The van der Waals surface area contributed by atoms with Crippen molar-refractivity contribution in [1.29, 1.82) is 0 Å². The van der Waals surface area contributed by atoms with Gasteiger partial charge in [-0.05, 0) is 0 Å². The van der Waals surface area contributed by atoms with Crippen molar-refractivity contribution in [3.05, 3.63) is 23.8 Å². The van der Waals surface area contributed by atoms with E-state index in [1.165, 1.54) is 36.9 Å². The summed E-state index contributed by atoms with van der Waals surface area (Å²) >= 11 is 0. The van der Waals surface area contributed by atoms with Crippen LogP contribution >= 0.6 is 38.8 Å². The molecule has 22 heavy (non-hydrogen) atoms. The Labute approximate surface area is 147 Å². The molecule has 0 saturated heterocycles. The van der Waals surface area contributed by atoms with Gasteiger partial charge in [0.25, 0.3) is 0 Å². The fourth-order valence-corrected chi connectivity index (χ4v) is 5.62. The maximum atomic E-state index is 12.2. The molecule has 0 amide bonds. The van der Waals surface area contributed by atoms with Gasteiger partial charge in [-0.2, -0.15) is 0 Å². The van der Waals surface area contributed by atoms with Crippen molar-refractivity contribution in [1.82, 2.24) is 4.31 Å². The number of sulfonamides is 1. The second-order valence-corrected chi connectivity index (χ2v) is 28.5. The SMILES string of the molecule is CC(C)Oc1ccc(S(=O)(=O)N(C)C)cc1[CH]=[Ru]([Cl])([Cl])([Cl])[Cl]. The van der Waals surface area contributed by atoms with Crippen LogP contribution in [0.4, 0.5) is 0 Å². The van der Waals surface area contributed by atoms with E-state index in [0.29, 0.717) is 11.3 Å². The van der Waals surface area contributed by atoms with E-state index in [4.69, 9.17) is 43.5 Å². The number of benzene rings is 1. The molecule has 0 spiro atoms. The molecule has 10 heteroatoms. The Morgan fingerprint density at radius 3 is 2.14 bits per heavy atom. The van der Waals surface area contributed by atoms with Gasteiger partial charge in [0.05, 0.1) is 0 Å². The Kier molecular flexibility index (Phi) is 6.41. The normalized spacial score (nSPS) is 14.7. The maximum absolute atomic E-state index is 12.2. The number of ether oxygens (including phenoxy) is 1. The van der Waals surface area contributed by atoms with E-state index in [2.05, 4.69) is 0 Å². The number of rotatable bonds is 5. The van der Waals surface area contributed by atoms with Crippen molar-refractivity contribution in [3.8, 4) is 5.75 Å². The Balaban J connectivity index is 3.59. The molecule has 0 radical (unpaired) electrons. The average molecular weight is 498 g/mol. The third kappa shape index (κ3) is 6.23. The molecule has 0 saturated carbocycles. The summed E-state index contributed by atoms with van der Waals surface area (Å²) in [5.41, 5.74) is 0.344. The predicted octanol–water partition coefficient (Wildman–Crippen LogP) is 4.18. The number of hydrogen-bond acceptors (Lipinski definition) is 3. The predicted molar refractivity (Wildman–Crippen MR) is 91.7 cm³/mol. The summed E-state index contributed by atoms with van der Waals surface area (Å²) in [4.78, 5) is 0.0649. The van der Waals surface area contributed by atoms with Crippen LogP contribution in [0.15, 0.2) is 23.1 Å². The van der Waals surface area contributed by atoms with E-state index in [-0.39, 0.29) is 11.0 Å². The van der Waals surface area contributed by atoms with Crippen LogP contribution in [0.5, 0.6) is 5.75 Å². The van der Waals surface area contributed by atoms with Gasteiger partial charge in [0.15, 0.2) is 0 Å². The van der Waals surface area contributed by atoms with E-state index in [1.54, 1.807) is 0 Å². The fourth-order valence-electron chi connectivity index (χ4n) is 1.51. The van der Waals surface area contributed by atoms with Gasteiger partial charge in [0.1, 0.15) is 0 Å². The first-order valence-electron chi connectivity index (χ1n) is 5.97. The quantitative estimate of drug-likeness (QED) is 0.573. The van der Waals surface area contributed by atoms with E-state index < -0.39 is 19.2 Å². The monoisotopic (exact) mass is 497 g/mol. The van der Waals surface area contributed by atoms with Crippen LogP contribution < -0.4 is 4.74 Å². The molecule has 0 atom stereocenters. The molecule has 1 aromatic rings. The zero-order chi connectivity index (χ0) is 17.4. The van der Waals surface area contributed by atoms with E-state index in [0.717, 1.165) is 4.31 Å². The number of nitrogens with zero attached hydrogens (tertiary/aromatic N) is 1. The van der Waals surface area contributed by atoms with Crippen molar-refractivity contribution < 1.29 is 22.3 Å². The summed E-state index contributed by atoms with van der Waals surface area (Å²) in [6.07, 6.45) is -0.128. The molecule has 130 valence electrons. The van der Waals surface area contributed by atoms with Gasteiger partial charge in [0, 0.05) is 0 Å². The molecule has 0 bridgehead atoms. The summed E-state index contributed by atoms with van der Waals surface area (Å²) < 4.78 is 32.4. The standard InChI is InChI=1S/C12H17NO3S.4ClH.Ru/c1-9(2)16-12-7-6-11(8-10(12)3)17(14,15)13(4)5;;;;;/h3,6-9H,1-2,4-5H3;4*1H;/q;;;;;+4/p-4. The molecular formula is C12H17Cl4NO3RuS. The van der Waals surface area contributed by atoms with Crippen LogP contribution in [0.2, 0.25) is 0 Å². The van der Waals surface area contributed by atoms with Crippen molar-refractivity contribution in [3.63, 3.8) is 0 Å². The molecular weight excluding hydrogens is 481 g/mol. The molecule has 1 aromatic carbocycles. The average Bonchev–Trinajstić information content (AvgIpc) is 2.27. The fraction of sp³-hybridized carbons (Fsp3) is 0.417. The summed E-state index contributed by atoms with van der Waals surface area (Å²) in [5.74, 6) is 0.405. The van der Waals surface area contributed by atoms with E-state index in [9.17, 15) is 8.42 Å². The molecule has 0 aromatic heterocycles. The van der Waals surface area contributed by atoms with Gasteiger partial charge >= 0.3 is 148 Å². The Bertz CT molecular complexity index is 717. The third-order valence-corrected chi connectivity index (χ3v) is 7.32. The second kappa shape index (κ2) is 6.83. The zero-order valence-corrected chi connectivity index (χ0v) is 17.9. The molecule has 4 nitrogen and oxygen atoms in total. The summed E-state index contributed by atoms with van der Waals surface area (Å²) in [6.45, 7) is 3.67. The van der Waals surface area contributed by atoms with E-state index >= 15 is 0 Å². The van der Waals surface area contributed by atoms with Gasteiger partial charge in [-0.1, -0.05) is 0 Å². The minimum atomic E-state index is -4.61. The number of hydrogen-bond donors (Lipinski definition) is 0. The minimum absolute atomic E-state index is 0.0649. The van der Waals surface area contributed by atoms with Crippen molar-refractivity contribution >= 4 is 53.4 Å². The van der Waals surface area contributed by atoms with Crippen LogP contribution in [0, 0.1) is 0 Å². The Morgan fingerprint density at radius 1 is 1.18 bits per heavy atom. The Morgan fingerprint density at radius 2 is 1.73 bits per heavy atom. The molecule has 0 unspecified atom stereocenters. The Hall–Kier alpha value is 0.583. The summed E-state index contributed by atoms with van der Waals surface area (Å²) in [6, 6.07) is 4.36. The third-order valence-electron chi connectivity index (χ3n) is 2.39. The van der Waals surface area contributed by atoms with Crippen LogP contribution in [0.25, 0.3) is 0 Å².